The van der Waals surface area contributed by atoms with Gasteiger partial charge in [-0.25, -0.2) is 9.97 Å². The van der Waals surface area contributed by atoms with Crippen LogP contribution < -0.4 is 4.90 Å². The Labute approximate surface area is 181 Å². The zero-order valence-corrected chi connectivity index (χ0v) is 17.4. The van der Waals surface area contributed by atoms with Gasteiger partial charge in [-0.2, -0.15) is 18.2 Å². The number of alkyl halides is 3. The fourth-order valence-electron chi connectivity index (χ4n) is 4.68. The van der Waals surface area contributed by atoms with Gasteiger partial charge in [-0.3, -0.25) is 0 Å². The quantitative estimate of drug-likeness (QED) is 0.610. The van der Waals surface area contributed by atoms with Crippen LogP contribution in [0, 0.1) is 5.92 Å². The molecular weight excluding hydrogens is 431 g/mol. The number of aromatic amines is 1. The summed E-state index contributed by atoms with van der Waals surface area (Å²) in [7, 11) is 0. The smallest absolute Gasteiger partial charge is 0.381 e. The van der Waals surface area contributed by atoms with Crippen LogP contribution in [-0.4, -0.2) is 39.7 Å². The number of nitrogens with zero attached hydrogens (tertiary/aromatic N) is 4. The Hall–Kier alpha value is -2.39. The van der Waals surface area contributed by atoms with E-state index in [1.54, 1.807) is 0 Å². The van der Waals surface area contributed by atoms with Gasteiger partial charge in [0.05, 0.1) is 6.04 Å². The summed E-state index contributed by atoms with van der Waals surface area (Å²) in [6.45, 7) is 1.93. The molecule has 3 aromatic rings. The van der Waals surface area contributed by atoms with E-state index in [0.29, 0.717) is 37.1 Å². The lowest BCUT2D eigenvalue weighted by atomic mass is 9.87. The minimum Gasteiger partial charge on any atom is -0.381 e. The maximum atomic E-state index is 13.2. The van der Waals surface area contributed by atoms with Crippen LogP contribution >= 0.6 is 11.6 Å². The zero-order valence-electron chi connectivity index (χ0n) is 16.6. The van der Waals surface area contributed by atoms with Gasteiger partial charge in [0.2, 0.25) is 11.8 Å². The van der Waals surface area contributed by atoms with Gasteiger partial charge in [-0.05, 0) is 55.4 Å². The molecule has 5 rings (SSSR count). The second kappa shape index (κ2) is 7.94. The molecule has 1 aromatic carbocycles. The Morgan fingerprint density at radius 3 is 2.77 bits per heavy atom. The Bertz CT molecular complexity index is 1100. The molecule has 2 aromatic heterocycles. The Balaban J connectivity index is 1.57. The van der Waals surface area contributed by atoms with E-state index >= 15 is 0 Å². The number of H-pyrrole nitrogens is 1. The number of halogens is 4. The lowest BCUT2D eigenvalue weighted by molar-refractivity contribution is -0.145. The van der Waals surface area contributed by atoms with Gasteiger partial charge >= 0.3 is 6.18 Å². The molecule has 0 spiro atoms. The van der Waals surface area contributed by atoms with Crippen LogP contribution in [0.4, 0.5) is 19.1 Å². The number of ether oxygens (including phenoxy) is 1. The molecule has 1 saturated heterocycles. The predicted molar refractivity (Wildman–Crippen MR) is 110 cm³/mol. The number of anilines is 1. The third-order valence-corrected chi connectivity index (χ3v) is 6.42. The van der Waals surface area contributed by atoms with E-state index in [1.807, 2.05) is 23.1 Å². The number of hydrogen-bond donors (Lipinski definition) is 1. The summed E-state index contributed by atoms with van der Waals surface area (Å²) < 4.78 is 45.1. The first-order valence-electron chi connectivity index (χ1n) is 10.3. The summed E-state index contributed by atoms with van der Waals surface area (Å²) >= 11 is 6.22. The van der Waals surface area contributed by atoms with Crippen molar-refractivity contribution in [2.45, 2.75) is 37.9 Å². The molecule has 4 heterocycles. The molecule has 2 aliphatic heterocycles. The Morgan fingerprint density at radius 1 is 1.19 bits per heavy atom. The molecule has 164 valence electrons. The minimum atomic E-state index is -4.62. The highest BCUT2D eigenvalue weighted by molar-refractivity contribution is 6.31. The SMILES string of the molecule is FC(F)(F)c1ncnc(N2CCc3c([nH]c4ccc(Cl)cc34)[C@@H]2CC2CCOCC2)n1. The molecule has 0 amide bonds. The van der Waals surface area contributed by atoms with Crippen LogP contribution in [-0.2, 0) is 17.3 Å². The highest BCUT2D eigenvalue weighted by Gasteiger charge is 2.38. The molecule has 0 radical (unpaired) electrons. The molecule has 1 N–H and O–H groups in total. The summed E-state index contributed by atoms with van der Waals surface area (Å²) in [6, 6.07) is 5.55. The van der Waals surface area contributed by atoms with Crippen LogP contribution in [0.2, 0.25) is 5.02 Å². The van der Waals surface area contributed by atoms with E-state index in [4.69, 9.17) is 16.3 Å². The van der Waals surface area contributed by atoms with Gasteiger partial charge < -0.3 is 14.6 Å². The summed E-state index contributed by atoms with van der Waals surface area (Å²) in [4.78, 5) is 16.6. The van der Waals surface area contributed by atoms with Crippen LogP contribution in [0.1, 0.15) is 42.4 Å². The van der Waals surface area contributed by atoms with Crippen molar-refractivity contribution < 1.29 is 17.9 Å². The van der Waals surface area contributed by atoms with Gasteiger partial charge in [-0.1, -0.05) is 11.6 Å². The van der Waals surface area contributed by atoms with Crippen molar-refractivity contribution in [2.75, 3.05) is 24.7 Å². The van der Waals surface area contributed by atoms with Crippen molar-refractivity contribution in [3.05, 3.63) is 46.6 Å². The molecule has 6 nitrogen and oxygen atoms in total. The molecule has 10 heteroatoms. The first kappa shape index (κ1) is 20.5. The van der Waals surface area contributed by atoms with Crippen molar-refractivity contribution in [1.29, 1.82) is 0 Å². The lowest BCUT2D eigenvalue weighted by Crippen LogP contribution is -2.38. The fraction of sp³-hybridized carbons (Fsp3) is 0.476. The fourth-order valence-corrected chi connectivity index (χ4v) is 4.86. The van der Waals surface area contributed by atoms with Crippen molar-refractivity contribution in [3.63, 3.8) is 0 Å². The average Bonchev–Trinajstić information content (AvgIpc) is 3.12. The monoisotopic (exact) mass is 451 g/mol. The van der Waals surface area contributed by atoms with Gasteiger partial charge in [0, 0.05) is 41.4 Å². The first-order chi connectivity index (χ1) is 14.9. The molecule has 0 aliphatic carbocycles. The second-order valence-corrected chi connectivity index (χ2v) is 8.50. The largest absolute Gasteiger partial charge is 0.451 e. The summed E-state index contributed by atoms with van der Waals surface area (Å²) in [6.07, 6.45) is -0.381. The Kier molecular flexibility index (Phi) is 5.26. The van der Waals surface area contributed by atoms with E-state index < -0.39 is 12.0 Å². The maximum absolute atomic E-state index is 13.2. The number of fused-ring (bicyclic) bond motifs is 3. The van der Waals surface area contributed by atoms with Gasteiger partial charge in [0.15, 0.2) is 0 Å². The van der Waals surface area contributed by atoms with E-state index in [0.717, 1.165) is 47.8 Å². The van der Waals surface area contributed by atoms with Crippen LogP contribution in [0.25, 0.3) is 10.9 Å². The zero-order chi connectivity index (χ0) is 21.6. The maximum Gasteiger partial charge on any atom is 0.451 e. The normalized spacial score (nSPS) is 20.3. The molecule has 0 bridgehead atoms. The average molecular weight is 452 g/mol. The van der Waals surface area contributed by atoms with Gasteiger partial charge in [0.1, 0.15) is 6.33 Å². The van der Waals surface area contributed by atoms with Crippen molar-refractivity contribution in [1.82, 2.24) is 19.9 Å². The molecule has 31 heavy (non-hydrogen) atoms. The number of rotatable bonds is 3. The van der Waals surface area contributed by atoms with Crippen molar-refractivity contribution >= 4 is 28.5 Å². The van der Waals surface area contributed by atoms with Crippen LogP contribution in [0.5, 0.6) is 0 Å². The lowest BCUT2D eigenvalue weighted by Gasteiger charge is -2.38. The van der Waals surface area contributed by atoms with E-state index in [-0.39, 0.29) is 12.0 Å². The molecule has 0 unspecified atom stereocenters. The third kappa shape index (κ3) is 3.96. The van der Waals surface area contributed by atoms with Gasteiger partial charge in [-0.15, -0.1) is 0 Å². The van der Waals surface area contributed by atoms with E-state index in [1.165, 1.54) is 0 Å². The van der Waals surface area contributed by atoms with Crippen LogP contribution in [0.15, 0.2) is 24.5 Å². The topological polar surface area (TPSA) is 66.9 Å². The number of nitrogens with one attached hydrogen (secondary N) is 1. The molecular formula is C21H21ClF3N5O. The van der Waals surface area contributed by atoms with Crippen molar-refractivity contribution in [2.24, 2.45) is 5.92 Å². The van der Waals surface area contributed by atoms with Crippen LogP contribution in [0.3, 0.4) is 0 Å². The molecule has 1 atom stereocenters. The standard InChI is InChI=1S/C21H21ClF3N5O/c22-13-1-2-16-15(10-13)14-3-6-30(20-27-11-26-19(29-20)21(23,24)25)17(18(14)28-16)9-12-4-7-31-8-5-12/h1-2,10-12,17,28H,3-9H2/t17-/m0/s1. The first-order valence-corrected chi connectivity index (χ1v) is 10.7. The third-order valence-electron chi connectivity index (χ3n) is 6.18. The summed E-state index contributed by atoms with van der Waals surface area (Å²) in [5, 5.41) is 1.72. The summed E-state index contributed by atoms with van der Waals surface area (Å²) in [5.74, 6) is -0.704. The minimum absolute atomic E-state index is 0.0572. The highest BCUT2D eigenvalue weighted by atomic mass is 35.5. The molecule has 0 saturated carbocycles. The highest BCUT2D eigenvalue weighted by Crippen LogP contribution is 2.41. The second-order valence-electron chi connectivity index (χ2n) is 8.06. The molecule has 2 aliphatic rings. The van der Waals surface area contributed by atoms with Gasteiger partial charge in [0.25, 0.3) is 0 Å². The van der Waals surface area contributed by atoms with E-state index in [2.05, 4.69) is 19.9 Å². The predicted octanol–water partition coefficient (Wildman–Crippen LogP) is 4.95. The number of benzene rings is 1. The van der Waals surface area contributed by atoms with Crippen molar-refractivity contribution in [3.8, 4) is 0 Å². The summed E-state index contributed by atoms with van der Waals surface area (Å²) in [5.41, 5.74) is 3.14. The number of aromatic nitrogens is 4. The number of hydrogen-bond acceptors (Lipinski definition) is 5. The van der Waals surface area contributed by atoms with E-state index in [9.17, 15) is 13.2 Å². The molecule has 1 fully saturated rings. The Morgan fingerprint density at radius 2 is 2.00 bits per heavy atom.